The van der Waals surface area contributed by atoms with E-state index in [2.05, 4.69) is 12.1 Å². The molecule has 0 fully saturated rings. The van der Waals surface area contributed by atoms with Gasteiger partial charge >= 0.3 is 0 Å². The maximum absolute atomic E-state index is 5.61. The van der Waals surface area contributed by atoms with Gasteiger partial charge in [0.15, 0.2) is 11.5 Å². The van der Waals surface area contributed by atoms with E-state index in [0.29, 0.717) is 17.2 Å². The van der Waals surface area contributed by atoms with Gasteiger partial charge in [-0.1, -0.05) is 12.1 Å². The summed E-state index contributed by atoms with van der Waals surface area (Å²) in [6.45, 7) is 0. The molecule has 4 heteroatoms. The molecule has 0 aliphatic heterocycles. The minimum Gasteiger partial charge on any atom is -0.493 e. The highest BCUT2D eigenvalue weighted by Crippen LogP contribution is 2.45. The Morgan fingerprint density at radius 1 is 0.833 bits per heavy atom. The Kier molecular flexibility index (Phi) is 3.68. The first-order chi connectivity index (χ1) is 11.8. The summed E-state index contributed by atoms with van der Waals surface area (Å²) in [6.07, 6.45) is 6.66. The third kappa shape index (κ3) is 2.09. The Hall–Kier alpha value is -2.49. The van der Waals surface area contributed by atoms with Crippen molar-refractivity contribution in [2.45, 2.75) is 25.7 Å². The zero-order valence-corrected chi connectivity index (χ0v) is 14.3. The molecule has 0 atom stereocenters. The van der Waals surface area contributed by atoms with Crippen LogP contribution < -0.4 is 14.2 Å². The number of rotatable bonds is 3. The summed E-state index contributed by atoms with van der Waals surface area (Å²) in [5, 5.41) is 3.17. The van der Waals surface area contributed by atoms with Gasteiger partial charge in [-0.15, -0.1) is 0 Å². The van der Waals surface area contributed by atoms with Gasteiger partial charge in [-0.05, 0) is 42.9 Å². The number of fused-ring (bicyclic) bond motifs is 5. The number of nitrogens with zero attached hydrogens (tertiary/aromatic N) is 1. The SMILES string of the molecule is COc1cc2c(cnc3c4c(ccc32)CCCC4)c(OC)c1OC. The molecular weight excluding hydrogens is 302 g/mol. The molecule has 1 heterocycles. The van der Waals surface area contributed by atoms with E-state index in [9.17, 15) is 0 Å². The van der Waals surface area contributed by atoms with E-state index >= 15 is 0 Å². The Morgan fingerprint density at radius 3 is 2.38 bits per heavy atom. The van der Waals surface area contributed by atoms with Gasteiger partial charge in [0.25, 0.3) is 0 Å². The van der Waals surface area contributed by atoms with Gasteiger partial charge in [0.2, 0.25) is 5.75 Å². The minimum atomic E-state index is 0.603. The van der Waals surface area contributed by atoms with Crippen molar-refractivity contribution in [1.82, 2.24) is 4.98 Å². The summed E-state index contributed by atoms with van der Waals surface area (Å²) in [4.78, 5) is 4.79. The second kappa shape index (κ2) is 5.86. The second-order valence-electron chi connectivity index (χ2n) is 6.17. The average molecular weight is 323 g/mol. The normalized spacial score (nSPS) is 13.8. The topological polar surface area (TPSA) is 40.6 Å². The van der Waals surface area contributed by atoms with Crippen molar-refractivity contribution in [1.29, 1.82) is 0 Å². The molecular formula is C20H21NO3. The van der Waals surface area contributed by atoms with Gasteiger partial charge in [0, 0.05) is 22.4 Å². The lowest BCUT2D eigenvalue weighted by Gasteiger charge is -2.19. The molecule has 0 unspecified atom stereocenters. The fraction of sp³-hybridized carbons (Fsp3) is 0.350. The summed E-state index contributed by atoms with van der Waals surface area (Å²) >= 11 is 0. The van der Waals surface area contributed by atoms with Gasteiger partial charge in [0.05, 0.1) is 26.8 Å². The molecule has 1 aliphatic carbocycles. The van der Waals surface area contributed by atoms with Crippen LogP contribution in [-0.2, 0) is 12.8 Å². The van der Waals surface area contributed by atoms with Gasteiger partial charge in [-0.25, -0.2) is 0 Å². The zero-order chi connectivity index (χ0) is 16.7. The quantitative estimate of drug-likeness (QED) is 0.674. The number of ether oxygens (including phenoxy) is 3. The highest BCUT2D eigenvalue weighted by atomic mass is 16.5. The van der Waals surface area contributed by atoms with Crippen molar-refractivity contribution in [2.24, 2.45) is 0 Å². The summed E-state index contributed by atoms with van der Waals surface area (Å²) in [5.41, 5.74) is 3.94. The van der Waals surface area contributed by atoms with Crippen molar-refractivity contribution >= 4 is 21.7 Å². The lowest BCUT2D eigenvalue weighted by atomic mass is 9.89. The van der Waals surface area contributed by atoms with E-state index in [0.717, 1.165) is 34.5 Å². The summed E-state index contributed by atoms with van der Waals surface area (Å²) < 4.78 is 16.6. The number of hydrogen-bond acceptors (Lipinski definition) is 4. The van der Waals surface area contributed by atoms with Crippen molar-refractivity contribution < 1.29 is 14.2 Å². The highest BCUT2D eigenvalue weighted by molar-refractivity contribution is 6.10. The van der Waals surface area contributed by atoms with Crippen molar-refractivity contribution in [3.63, 3.8) is 0 Å². The summed E-state index contributed by atoms with van der Waals surface area (Å²) in [7, 11) is 4.92. The molecule has 0 saturated carbocycles. The second-order valence-corrected chi connectivity index (χ2v) is 6.17. The van der Waals surface area contributed by atoms with Crippen molar-refractivity contribution in [2.75, 3.05) is 21.3 Å². The fourth-order valence-corrected chi connectivity index (χ4v) is 3.83. The molecule has 124 valence electrons. The molecule has 0 bridgehead atoms. The molecule has 0 saturated heterocycles. The van der Waals surface area contributed by atoms with Crippen LogP contribution in [0.1, 0.15) is 24.0 Å². The van der Waals surface area contributed by atoms with E-state index in [4.69, 9.17) is 19.2 Å². The minimum absolute atomic E-state index is 0.603. The molecule has 4 nitrogen and oxygen atoms in total. The monoisotopic (exact) mass is 323 g/mol. The largest absolute Gasteiger partial charge is 0.493 e. The number of aryl methyl sites for hydroxylation is 2. The van der Waals surface area contributed by atoms with Crippen molar-refractivity contribution in [3.05, 3.63) is 35.5 Å². The Balaban J connectivity index is 2.11. The van der Waals surface area contributed by atoms with Crippen LogP contribution in [0.4, 0.5) is 0 Å². The van der Waals surface area contributed by atoms with Crippen LogP contribution in [0, 0.1) is 0 Å². The van der Waals surface area contributed by atoms with Gasteiger partial charge in [-0.3, -0.25) is 4.98 Å². The van der Waals surface area contributed by atoms with Crippen LogP contribution in [0.25, 0.3) is 21.7 Å². The Labute approximate surface area is 141 Å². The van der Waals surface area contributed by atoms with Gasteiger partial charge in [-0.2, -0.15) is 0 Å². The third-order valence-corrected chi connectivity index (χ3v) is 4.98. The maximum atomic E-state index is 5.61. The summed E-state index contributed by atoms with van der Waals surface area (Å²) in [6, 6.07) is 6.46. The smallest absolute Gasteiger partial charge is 0.204 e. The molecule has 4 rings (SSSR count). The maximum Gasteiger partial charge on any atom is 0.204 e. The van der Waals surface area contributed by atoms with Crippen LogP contribution in [0.15, 0.2) is 24.4 Å². The predicted molar refractivity (Wildman–Crippen MR) is 95.5 cm³/mol. The van der Waals surface area contributed by atoms with E-state index in [1.165, 1.54) is 24.0 Å². The first kappa shape index (κ1) is 15.1. The summed E-state index contributed by atoms with van der Waals surface area (Å²) in [5.74, 6) is 1.94. The van der Waals surface area contributed by atoms with Gasteiger partial charge in [0.1, 0.15) is 0 Å². The first-order valence-electron chi connectivity index (χ1n) is 8.30. The number of methoxy groups -OCH3 is 3. The van der Waals surface area contributed by atoms with Crippen LogP contribution >= 0.6 is 0 Å². The molecule has 1 aromatic heterocycles. The van der Waals surface area contributed by atoms with Crippen LogP contribution in [-0.4, -0.2) is 26.3 Å². The van der Waals surface area contributed by atoms with E-state index in [1.54, 1.807) is 21.3 Å². The fourth-order valence-electron chi connectivity index (χ4n) is 3.83. The van der Waals surface area contributed by atoms with Crippen LogP contribution in [0.2, 0.25) is 0 Å². The van der Waals surface area contributed by atoms with E-state index in [-0.39, 0.29) is 0 Å². The first-order valence-corrected chi connectivity index (χ1v) is 8.30. The van der Waals surface area contributed by atoms with Crippen molar-refractivity contribution in [3.8, 4) is 17.2 Å². The molecule has 0 radical (unpaired) electrons. The van der Waals surface area contributed by atoms with Crippen LogP contribution in [0.5, 0.6) is 17.2 Å². The molecule has 3 aromatic rings. The lowest BCUT2D eigenvalue weighted by molar-refractivity contribution is 0.327. The number of aromatic nitrogens is 1. The van der Waals surface area contributed by atoms with Crippen LogP contribution in [0.3, 0.4) is 0 Å². The zero-order valence-electron chi connectivity index (χ0n) is 14.3. The van der Waals surface area contributed by atoms with Gasteiger partial charge < -0.3 is 14.2 Å². The Bertz CT molecular complexity index is 933. The molecule has 2 aromatic carbocycles. The van der Waals surface area contributed by atoms with E-state index in [1.807, 2.05) is 12.3 Å². The predicted octanol–water partition coefficient (Wildman–Crippen LogP) is 4.29. The molecule has 0 amide bonds. The molecule has 0 N–H and O–H groups in total. The number of pyridine rings is 1. The molecule has 24 heavy (non-hydrogen) atoms. The standard InChI is InChI=1S/C20H21NO3/c1-22-17-10-15-14-9-8-12-6-4-5-7-13(12)18(14)21-11-16(15)19(23-2)20(17)24-3/h8-11H,4-7H2,1-3H3. The van der Waals surface area contributed by atoms with E-state index < -0.39 is 0 Å². The lowest BCUT2D eigenvalue weighted by Crippen LogP contribution is -2.04. The highest BCUT2D eigenvalue weighted by Gasteiger charge is 2.20. The molecule has 0 spiro atoms. The number of hydrogen-bond donors (Lipinski definition) is 0. The number of benzene rings is 2. The third-order valence-electron chi connectivity index (χ3n) is 4.98. The average Bonchev–Trinajstić information content (AvgIpc) is 2.65. The Morgan fingerprint density at radius 2 is 1.62 bits per heavy atom. The molecule has 1 aliphatic rings.